The Morgan fingerprint density at radius 2 is 1.60 bits per heavy atom. The molecular formula is C24H22ClN3OS. The van der Waals surface area contributed by atoms with Crippen LogP contribution in [0.2, 0.25) is 5.02 Å². The van der Waals surface area contributed by atoms with Crippen molar-refractivity contribution in [2.75, 3.05) is 32.1 Å². The lowest BCUT2D eigenvalue weighted by molar-refractivity contribution is 0.0985. The van der Waals surface area contributed by atoms with E-state index >= 15 is 0 Å². The van der Waals surface area contributed by atoms with Gasteiger partial charge in [0, 0.05) is 18.7 Å². The molecule has 1 aromatic heterocycles. The summed E-state index contributed by atoms with van der Waals surface area (Å²) in [7, 11) is 3.99. The molecule has 1 amide bonds. The molecule has 30 heavy (non-hydrogen) atoms. The second-order valence-electron chi connectivity index (χ2n) is 7.29. The van der Waals surface area contributed by atoms with E-state index in [9.17, 15) is 4.79 Å². The zero-order chi connectivity index (χ0) is 21.1. The van der Waals surface area contributed by atoms with Gasteiger partial charge >= 0.3 is 0 Å². The lowest BCUT2D eigenvalue weighted by Crippen LogP contribution is -2.36. The third kappa shape index (κ3) is 4.38. The number of hydrogen-bond donors (Lipinski definition) is 0. The van der Waals surface area contributed by atoms with Crippen molar-refractivity contribution in [3.63, 3.8) is 0 Å². The van der Waals surface area contributed by atoms with Crippen molar-refractivity contribution in [3.05, 3.63) is 83.4 Å². The molecule has 0 atom stereocenters. The summed E-state index contributed by atoms with van der Waals surface area (Å²) < 4.78 is 0.972. The van der Waals surface area contributed by atoms with Gasteiger partial charge in [-0.1, -0.05) is 71.5 Å². The number of rotatable bonds is 6. The van der Waals surface area contributed by atoms with Crippen molar-refractivity contribution < 1.29 is 4.79 Å². The van der Waals surface area contributed by atoms with Gasteiger partial charge in [0.25, 0.3) is 5.91 Å². The van der Waals surface area contributed by atoms with E-state index < -0.39 is 0 Å². The Balaban J connectivity index is 1.66. The van der Waals surface area contributed by atoms with E-state index in [-0.39, 0.29) is 5.91 Å². The smallest absolute Gasteiger partial charge is 0.260 e. The molecule has 0 radical (unpaired) electrons. The molecular weight excluding hydrogens is 414 g/mol. The highest BCUT2D eigenvalue weighted by Gasteiger charge is 2.22. The van der Waals surface area contributed by atoms with Crippen LogP contribution >= 0.6 is 22.9 Å². The lowest BCUT2D eigenvalue weighted by Gasteiger charge is -2.22. The normalized spacial score (nSPS) is 11.2. The van der Waals surface area contributed by atoms with E-state index in [2.05, 4.69) is 22.0 Å². The summed E-state index contributed by atoms with van der Waals surface area (Å²) in [6.45, 7) is 1.28. The number of halogens is 1. The first-order valence-electron chi connectivity index (χ1n) is 9.70. The van der Waals surface area contributed by atoms with Gasteiger partial charge in [-0.2, -0.15) is 0 Å². The van der Waals surface area contributed by atoms with Gasteiger partial charge < -0.3 is 4.90 Å². The van der Waals surface area contributed by atoms with E-state index in [1.807, 2.05) is 74.8 Å². The van der Waals surface area contributed by atoms with Gasteiger partial charge in [0.15, 0.2) is 5.13 Å². The number of carbonyl (C=O) groups excluding carboxylic acids is 1. The van der Waals surface area contributed by atoms with Crippen LogP contribution in [0.1, 0.15) is 10.4 Å². The number of thiazole rings is 1. The minimum Gasteiger partial charge on any atom is -0.308 e. The monoisotopic (exact) mass is 435 g/mol. The van der Waals surface area contributed by atoms with Gasteiger partial charge in [-0.05, 0) is 49.5 Å². The molecule has 0 aliphatic heterocycles. The Kier molecular flexibility index (Phi) is 6.13. The first kappa shape index (κ1) is 20.5. The summed E-state index contributed by atoms with van der Waals surface area (Å²) in [5.41, 5.74) is 3.58. The fourth-order valence-corrected chi connectivity index (χ4v) is 4.48. The minimum atomic E-state index is -0.0633. The molecule has 0 fully saturated rings. The van der Waals surface area contributed by atoms with E-state index in [1.165, 1.54) is 11.3 Å². The molecule has 0 aliphatic carbocycles. The average Bonchev–Trinajstić information content (AvgIpc) is 3.20. The molecule has 0 bridgehead atoms. The molecule has 0 saturated heterocycles. The van der Waals surface area contributed by atoms with Crippen molar-refractivity contribution >= 4 is 44.2 Å². The molecule has 0 aliphatic rings. The van der Waals surface area contributed by atoms with Gasteiger partial charge in [-0.15, -0.1) is 0 Å². The predicted molar refractivity (Wildman–Crippen MR) is 127 cm³/mol. The second kappa shape index (κ2) is 8.96. The van der Waals surface area contributed by atoms with Crippen LogP contribution in [0.25, 0.3) is 21.3 Å². The van der Waals surface area contributed by atoms with E-state index in [0.29, 0.717) is 22.3 Å². The summed E-state index contributed by atoms with van der Waals surface area (Å²) >= 11 is 7.79. The van der Waals surface area contributed by atoms with E-state index in [1.54, 1.807) is 4.90 Å². The summed E-state index contributed by atoms with van der Waals surface area (Å²) in [4.78, 5) is 21.9. The molecule has 0 saturated carbocycles. The molecule has 6 heteroatoms. The van der Waals surface area contributed by atoms with Gasteiger partial charge in [-0.25, -0.2) is 4.98 Å². The van der Waals surface area contributed by atoms with Crippen molar-refractivity contribution in [1.82, 2.24) is 9.88 Å². The number of hydrogen-bond acceptors (Lipinski definition) is 4. The Bertz CT molecular complexity index is 1160. The second-order valence-corrected chi connectivity index (χ2v) is 8.70. The number of fused-ring (bicyclic) bond motifs is 1. The van der Waals surface area contributed by atoms with Crippen LogP contribution in [0.4, 0.5) is 5.13 Å². The van der Waals surface area contributed by atoms with Gasteiger partial charge in [-0.3, -0.25) is 9.69 Å². The fourth-order valence-electron chi connectivity index (χ4n) is 3.19. The minimum absolute atomic E-state index is 0.0633. The predicted octanol–water partition coefficient (Wildman–Crippen LogP) is 5.83. The lowest BCUT2D eigenvalue weighted by atomic mass is 10.0. The van der Waals surface area contributed by atoms with Crippen molar-refractivity contribution in [2.45, 2.75) is 0 Å². The highest BCUT2D eigenvalue weighted by Crippen LogP contribution is 2.33. The SMILES string of the molecule is CN(C)CCN(C(=O)c1ccc(-c2ccccc2)cc1)c1nc2c(Cl)cccc2s1. The maximum absolute atomic E-state index is 13.4. The largest absolute Gasteiger partial charge is 0.308 e. The number of benzene rings is 3. The highest BCUT2D eigenvalue weighted by atomic mass is 35.5. The molecule has 0 spiro atoms. The number of nitrogens with zero attached hydrogens (tertiary/aromatic N) is 3. The topological polar surface area (TPSA) is 36.4 Å². The third-order valence-corrected chi connectivity index (χ3v) is 6.19. The zero-order valence-corrected chi connectivity index (χ0v) is 18.5. The number of anilines is 1. The third-order valence-electron chi connectivity index (χ3n) is 4.84. The number of carbonyl (C=O) groups is 1. The Morgan fingerprint density at radius 3 is 2.27 bits per heavy atom. The first-order valence-corrected chi connectivity index (χ1v) is 10.9. The first-order chi connectivity index (χ1) is 14.5. The summed E-state index contributed by atoms with van der Waals surface area (Å²) in [5, 5.41) is 1.26. The Labute approximate surface area is 185 Å². The van der Waals surface area contributed by atoms with Gasteiger partial charge in [0.05, 0.1) is 9.72 Å². The summed E-state index contributed by atoms with van der Waals surface area (Å²) in [5.74, 6) is -0.0633. The van der Waals surface area contributed by atoms with Crippen LogP contribution in [-0.2, 0) is 0 Å². The van der Waals surface area contributed by atoms with Crippen molar-refractivity contribution in [2.24, 2.45) is 0 Å². The summed E-state index contributed by atoms with van der Waals surface area (Å²) in [6.07, 6.45) is 0. The van der Waals surface area contributed by atoms with Crippen molar-refractivity contribution in [1.29, 1.82) is 0 Å². The maximum atomic E-state index is 13.4. The van der Waals surface area contributed by atoms with Crippen LogP contribution in [-0.4, -0.2) is 43.0 Å². The molecule has 4 rings (SSSR count). The Morgan fingerprint density at radius 1 is 0.900 bits per heavy atom. The number of likely N-dealkylation sites (N-methyl/N-ethyl adjacent to an activating group) is 1. The average molecular weight is 436 g/mol. The highest BCUT2D eigenvalue weighted by molar-refractivity contribution is 7.22. The molecule has 4 aromatic rings. The van der Waals surface area contributed by atoms with Crippen LogP contribution < -0.4 is 4.90 Å². The van der Waals surface area contributed by atoms with Gasteiger partial charge in [0.1, 0.15) is 5.52 Å². The van der Waals surface area contributed by atoms with Crippen LogP contribution in [0.5, 0.6) is 0 Å². The maximum Gasteiger partial charge on any atom is 0.260 e. The molecule has 1 heterocycles. The van der Waals surface area contributed by atoms with Gasteiger partial charge in [0.2, 0.25) is 0 Å². The van der Waals surface area contributed by atoms with Crippen LogP contribution in [0.3, 0.4) is 0 Å². The molecule has 3 aromatic carbocycles. The molecule has 152 valence electrons. The van der Waals surface area contributed by atoms with Crippen molar-refractivity contribution in [3.8, 4) is 11.1 Å². The number of para-hydroxylation sites is 1. The molecule has 0 unspecified atom stereocenters. The molecule has 4 nitrogen and oxygen atoms in total. The summed E-state index contributed by atoms with van der Waals surface area (Å²) in [6, 6.07) is 23.6. The van der Waals surface area contributed by atoms with Crippen LogP contribution in [0, 0.1) is 0 Å². The standard InChI is InChI=1S/C24H22ClN3OS/c1-27(2)15-16-28(24-26-22-20(25)9-6-10-21(22)30-24)23(29)19-13-11-18(12-14-19)17-7-4-3-5-8-17/h3-14H,15-16H2,1-2H3. The molecule has 0 N–H and O–H groups in total. The number of amides is 1. The van der Waals surface area contributed by atoms with E-state index in [0.717, 1.165) is 27.9 Å². The van der Waals surface area contributed by atoms with E-state index in [4.69, 9.17) is 11.6 Å². The quantitative estimate of drug-likeness (QED) is 0.382. The Hall–Kier alpha value is -2.73. The zero-order valence-electron chi connectivity index (χ0n) is 16.9. The van der Waals surface area contributed by atoms with Crippen LogP contribution in [0.15, 0.2) is 72.8 Å². The number of aromatic nitrogens is 1. The fraction of sp³-hybridized carbons (Fsp3) is 0.167.